The van der Waals surface area contributed by atoms with E-state index in [1.54, 1.807) is 6.20 Å². The lowest BCUT2D eigenvalue weighted by Gasteiger charge is -2.24. The Morgan fingerprint density at radius 3 is 2.45 bits per heavy atom. The number of likely N-dealkylation sites (N-methyl/N-ethyl adjacent to an activating group) is 1. The molecule has 6 heteroatoms. The summed E-state index contributed by atoms with van der Waals surface area (Å²) in [6, 6.07) is 0.200. The lowest BCUT2D eigenvalue weighted by molar-refractivity contribution is 0.294. The Kier molecular flexibility index (Phi) is 6.49. The van der Waals surface area contributed by atoms with Gasteiger partial charge in [-0.1, -0.05) is 25.4 Å². The molecule has 0 bridgehead atoms. The van der Waals surface area contributed by atoms with Crippen LogP contribution >= 0.6 is 11.6 Å². The van der Waals surface area contributed by atoms with E-state index >= 15 is 0 Å². The van der Waals surface area contributed by atoms with E-state index in [9.17, 15) is 4.79 Å². The number of nitrogens with zero attached hydrogens (tertiary/aromatic N) is 3. The monoisotopic (exact) mass is 300 g/mol. The zero-order valence-electron chi connectivity index (χ0n) is 13.0. The van der Waals surface area contributed by atoms with Gasteiger partial charge in [0.2, 0.25) is 0 Å². The molecule has 0 spiro atoms. The Labute approximate surface area is 125 Å². The summed E-state index contributed by atoms with van der Waals surface area (Å²) in [4.78, 5) is 14.4. The number of aromatic nitrogens is 2. The van der Waals surface area contributed by atoms with Crippen molar-refractivity contribution in [3.63, 3.8) is 0 Å². The number of rotatable bonds is 7. The SMILES string of the molecule is CCN(CC)CC(C)Nc1cnn(C(C)C)c(=O)c1Cl. The minimum absolute atomic E-state index is 0.00199. The number of hydrogen-bond acceptors (Lipinski definition) is 4. The van der Waals surface area contributed by atoms with Crippen LogP contribution in [0.3, 0.4) is 0 Å². The third-order valence-electron chi connectivity index (χ3n) is 3.26. The van der Waals surface area contributed by atoms with Gasteiger partial charge in [0.25, 0.3) is 5.56 Å². The fraction of sp³-hybridized carbons (Fsp3) is 0.714. The second-order valence-corrected chi connectivity index (χ2v) is 5.62. The van der Waals surface area contributed by atoms with Crippen molar-refractivity contribution in [2.24, 2.45) is 0 Å². The first-order valence-electron chi connectivity index (χ1n) is 7.16. The summed E-state index contributed by atoms with van der Waals surface area (Å²) in [7, 11) is 0. The molecule has 5 nitrogen and oxygen atoms in total. The highest BCUT2D eigenvalue weighted by Crippen LogP contribution is 2.17. The molecule has 1 unspecified atom stereocenters. The van der Waals surface area contributed by atoms with Crippen molar-refractivity contribution in [2.45, 2.75) is 46.7 Å². The lowest BCUT2D eigenvalue weighted by atomic mass is 10.3. The average molecular weight is 301 g/mol. The molecule has 1 aromatic heterocycles. The van der Waals surface area contributed by atoms with Crippen molar-refractivity contribution in [3.8, 4) is 0 Å². The fourth-order valence-corrected chi connectivity index (χ4v) is 2.28. The van der Waals surface area contributed by atoms with Crippen LogP contribution in [0.4, 0.5) is 5.69 Å². The summed E-state index contributed by atoms with van der Waals surface area (Å²) in [6.45, 7) is 13.1. The molecule has 1 rings (SSSR count). The third-order valence-corrected chi connectivity index (χ3v) is 3.63. The molecule has 0 aliphatic carbocycles. The fourth-order valence-electron chi connectivity index (χ4n) is 2.09. The highest BCUT2D eigenvalue weighted by molar-refractivity contribution is 6.32. The Hall–Kier alpha value is -1.07. The summed E-state index contributed by atoms with van der Waals surface area (Å²) in [5, 5.41) is 7.63. The summed E-state index contributed by atoms with van der Waals surface area (Å²) >= 11 is 6.14. The molecule has 0 saturated carbocycles. The highest BCUT2D eigenvalue weighted by Gasteiger charge is 2.14. The first-order chi connectivity index (χ1) is 9.40. The van der Waals surface area contributed by atoms with Crippen LogP contribution in [0.1, 0.15) is 40.7 Å². The van der Waals surface area contributed by atoms with E-state index in [2.05, 4.69) is 36.1 Å². The summed E-state index contributed by atoms with van der Waals surface area (Å²) < 4.78 is 1.39. The van der Waals surface area contributed by atoms with Crippen molar-refractivity contribution >= 4 is 17.3 Å². The molecule has 1 atom stereocenters. The van der Waals surface area contributed by atoms with Gasteiger partial charge < -0.3 is 10.2 Å². The van der Waals surface area contributed by atoms with Gasteiger partial charge in [-0.25, -0.2) is 4.68 Å². The van der Waals surface area contributed by atoms with Gasteiger partial charge in [0, 0.05) is 12.6 Å². The summed E-state index contributed by atoms with van der Waals surface area (Å²) in [5.74, 6) is 0. The molecule has 0 aliphatic heterocycles. The van der Waals surface area contributed by atoms with Crippen LogP contribution in [0.2, 0.25) is 5.02 Å². The molecule has 20 heavy (non-hydrogen) atoms. The smallest absolute Gasteiger partial charge is 0.287 e. The number of nitrogens with one attached hydrogen (secondary N) is 1. The van der Waals surface area contributed by atoms with Gasteiger partial charge >= 0.3 is 0 Å². The van der Waals surface area contributed by atoms with Crippen LogP contribution in [-0.4, -0.2) is 40.4 Å². The van der Waals surface area contributed by atoms with Crippen molar-refractivity contribution in [2.75, 3.05) is 25.0 Å². The molecule has 0 radical (unpaired) electrons. The highest BCUT2D eigenvalue weighted by atomic mass is 35.5. The normalized spacial score (nSPS) is 13.0. The molecule has 114 valence electrons. The number of hydrogen-bond donors (Lipinski definition) is 1. The van der Waals surface area contributed by atoms with Crippen molar-refractivity contribution < 1.29 is 0 Å². The van der Waals surface area contributed by atoms with Crippen LogP contribution in [-0.2, 0) is 0 Å². The van der Waals surface area contributed by atoms with Crippen molar-refractivity contribution in [3.05, 3.63) is 21.6 Å². The predicted octanol–water partition coefficient (Wildman–Crippen LogP) is 2.62. The zero-order valence-corrected chi connectivity index (χ0v) is 13.7. The molecular formula is C14H25ClN4O. The van der Waals surface area contributed by atoms with Crippen molar-refractivity contribution in [1.29, 1.82) is 0 Å². The van der Waals surface area contributed by atoms with Gasteiger partial charge in [0.15, 0.2) is 0 Å². The molecule has 0 fully saturated rings. The van der Waals surface area contributed by atoms with Gasteiger partial charge in [-0.3, -0.25) is 4.79 Å². The van der Waals surface area contributed by atoms with Crippen molar-refractivity contribution in [1.82, 2.24) is 14.7 Å². The largest absolute Gasteiger partial charge is 0.379 e. The lowest BCUT2D eigenvalue weighted by Crippen LogP contribution is -2.35. The average Bonchev–Trinajstić information content (AvgIpc) is 2.41. The first kappa shape index (κ1) is 17.0. The van der Waals surface area contributed by atoms with Gasteiger partial charge in [-0.2, -0.15) is 5.10 Å². The van der Waals surface area contributed by atoms with Crippen LogP contribution in [0.15, 0.2) is 11.0 Å². The van der Waals surface area contributed by atoms with E-state index in [1.807, 2.05) is 13.8 Å². The van der Waals surface area contributed by atoms with E-state index in [-0.39, 0.29) is 22.7 Å². The zero-order chi connectivity index (χ0) is 15.3. The Bertz CT molecular complexity index is 483. The maximum Gasteiger partial charge on any atom is 0.287 e. The van der Waals surface area contributed by atoms with Crippen LogP contribution in [0.25, 0.3) is 0 Å². The molecule has 0 aliphatic rings. The Morgan fingerprint density at radius 1 is 1.35 bits per heavy atom. The van der Waals surface area contributed by atoms with Gasteiger partial charge in [0.1, 0.15) is 5.02 Å². The standard InChI is InChI=1S/C14H25ClN4O/c1-6-18(7-2)9-11(5)17-12-8-16-19(10(3)4)14(20)13(12)15/h8,10-11,17H,6-7,9H2,1-5H3. The van der Waals surface area contributed by atoms with Crippen LogP contribution in [0, 0.1) is 0 Å². The summed E-state index contributed by atoms with van der Waals surface area (Å²) in [5.41, 5.74) is 0.356. The van der Waals surface area contributed by atoms with E-state index in [0.717, 1.165) is 19.6 Å². The number of anilines is 1. The molecule has 0 amide bonds. The van der Waals surface area contributed by atoms with E-state index in [4.69, 9.17) is 11.6 Å². The van der Waals surface area contributed by atoms with Gasteiger partial charge in [-0.15, -0.1) is 0 Å². The van der Waals surface area contributed by atoms with Crippen LogP contribution in [0.5, 0.6) is 0 Å². The summed E-state index contributed by atoms with van der Waals surface area (Å²) in [6.07, 6.45) is 1.63. The third kappa shape index (κ3) is 4.21. The second-order valence-electron chi connectivity index (χ2n) is 5.25. The quantitative estimate of drug-likeness (QED) is 0.841. The van der Waals surface area contributed by atoms with Crippen LogP contribution < -0.4 is 10.9 Å². The molecule has 0 saturated heterocycles. The van der Waals surface area contributed by atoms with Gasteiger partial charge in [-0.05, 0) is 33.9 Å². The maximum absolute atomic E-state index is 12.1. The second kappa shape index (κ2) is 7.64. The number of halogens is 1. The molecule has 0 aromatic carbocycles. The Balaban J connectivity index is 2.83. The molecule has 1 N–H and O–H groups in total. The first-order valence-corrected chi connectivity index (χ1v) is 7.54. The topological polar surface area (TPSA) is 50.2 Å². The van der Waals surface area contributed by atoms with Gasteiger partial charge in [0.05, 0.1) is 17.9 Å². The maximum atomic E-state index is 12.1. The van der Waals surface area contributed by atoms with E-state index in [1.165, 1.54) is 4.68 Å². The van der Waals surface area contributed by atoms with E-state index in [0.29, 0.717) is 5.69 Å². The Morgan fingerprint density at radius 2 is 1.95 bits per heavy atom. The molecule has 1 heterocycles. The van der Waals surface area contributed by atoms with E-state index < -0.39 is 0 Å². The molecular weight excluding hydrogens is 276 g/mol. The molecule has 1 aromatic rings. The predicted molar refractivity (Wildman–Crippen MR) is 84.8 cm³/mol. The minimum atomic E-state index is -0.248. The minimum Gasteiger partial charge on any atom is -0.379 e.